The molecule has 0 aromatic heterocycles. The summed E-state index contributed by atoms with van der Waals surface area (Å²) in [7, 11) is -3.67. The van der Waals surface area contributed by atoms with Gasteiger partial charge in [0.2, 0.25) is 0 Å². The van der Waals surface area contributed by atoms with Crippen molar-refractivity contribution in [3.63, 3.8) is 0 Å². The monoisotopic (exact) mass is 1850 g/mol. The third-order valence-corrected chi connectivity index (χ3v) is 42.6. The first-order valence-electron chi connectivity index (χ1n) is 51.1. The van der Waals surface area contributed by atoms with Crippen LogP contribution in [0.15, 0.2) is 81.5 Å². The van der Waals surface area contributed by atoms with E-state index in [9.17, 15) is 8.42 Å². The maximum absolute atomic E-state index is 14.5. The third-order valence-electron chi connectivity index (χ3n) is 40.1. The maximum atomic E-state index is 14.5. The van der Waals surface area contributed by atoms with E-state index in [0.29, 0.717) is 4.90 Å². The summed E-state index contributed by atoms with van der Waals surface area (Å²) in [6.45, 7) is 98.4. The highest BCUT2D eigenvalue weighted by Gasteiger charge is 2.56. The van der Waals surface area contributed by atoms with Crippen LogP contribution in [-0.2, 0) is 61.6 Å². The molecule has 5 heteroatoms. The first kappa shape index (κ1) is 95.9. The van der Waals surface area contributed by atoms with Crippen LogP contribution in [0.2, 0.25) is 0 Å². The van der Waals surface area contributed by atoms with E-state index in [1.165, 1.54) is 340 Å². The highest BCUT2D eigenvalue weighted by atomic mass is 32.2. The van der Waals surface area contributed by atoms with Crippen LogP contribution in [0.1, 0.15) is 345 Å². The Bertz CT molecular complexity index is 7270. The molecule has 0 unspecified atom stereocenters. The number of sulfone groups is 1. The molecule has 0 amide bonds. The lowest BCUT2D eigenvalue weighted by molar-refractivity contribution is 0.439. The number of hydrogen-bond acceptors (Lipinski definition) is 4. The molecular formula is C132H150O3S2. The van der Waals surface area contributed by atoms with Crippen molar-refractivity contribution in [2.24, 2.45) is 0 Å². The van der Waals surface area contributed by atoms with Crippen molar-refractivity contribution in [2.75, 3.05) is 0 Å². The van der Waals surface area contributed by atoms with Gasteiger partial charge in [-0.25, -0.2) is 8.42 Å². The Hall–Kier alpha value is -10.0. The van der Waals surface area contributed by atoms with Gasteiger partial charge in [-0.15, -0.1) is 0 Å². The van der Waals surface area contributed by atoms with Gasteiger partial charge in [0.25, 0.3) is 0 Å². The second-order valence-corrected chi connectivity index (χ2v) is 49.1. The van der Waals surface area contributed by atoms with Gasteiger partial charge in [0, 0.05) is 15.9 Å². The van der Waals surface area contributed by atoms with Crippen molar-refractivity contribution in [2.45, 2.75) is 372 Å². The summed E-state index contributed by atoms with van der Waals surface area (Å²) in [6, 6.07) is 14.4. The number of thioether (sulfide) groups is 1. The molecule has 0 N–H and O–H groups in total. The first-order chi connectivity index (χ1) is 64.0. The Balaban J connectivity index is 0.000000132. The molecule has 708 valence electrons. The number of allylic oxidation sites excluding steroid dienone is 3. The molecule has 12 aromatic rings. The van der Waals surface area contributed by atoms with Crippen molar-refractivity contribution in [1.29, 1.82) is 0 Å². The molecule has 3 aliphatic heterocycles. The summed E-state index contributed by atoms with van der Waals surface area (Å²) in [6.07, 6.45) is 15.5. The summed E-state index contributed by atoms with van der Waals surface area (Å²) >= 11 is 1.97. The quantitative estimate of drug-likeness (QED) is 0.152. The summed E-state index contributed by atoms with van der Waals surface area (Å²) in [5.41, 5.74) is 85.4. The highest BCUT2D eigenvalue weighted by molar-refractivity contribution is 8.02. The molecule has 0 saturated heterocycles. The van der Waals surface area contributed by atoms with Crippen LogP contribution in [-0.4, -0.2) is 8.42 Å². The van der Waals surface area contributed by atoms with Gasteiger partial charge in [-0.1, -0.05) is 102 Å². The maximum Gasteiger partial charge on any atom is 0.200 e. The molecule has 0 atom stereocenters. The van der Waals surface area contributed by atoms with Crippen molar-refractivity contribution >= 4 is 21.6 Å². The summed E-state index contributed by atoms with van der Waals surface area (Å²) in [5, 5.41) is 4.04. The SMILES string of the molecule is Cc1c(C)c(C)c2c(c1C)-c1c(C)c(C)c(C)c(C)c1C1(C=COc3c1ccc1c3CCC1(C)C)c1c(C)c(C)c(C)c(C)c1-2.Cc1c(C)c(C)c2c(c1C)-c1c(C)c(C)c(C)c(C)c1C1(C=CS(=O)(=O)c3c1ccc1c3CCC1(C)C)c1c(C)c(C)c(C)c(C)c1-2.Cc1c(C)c(C)c2c(c1C)-c1c(C)c(C)c(C)c(C)c1C1(C=CSc3c1ccc1c3CCC1(C)C)c1c(C)c(C)c(C)c(C)c1-2. The molecule has 3 spiro atoms. The van der Waals surface area contributed by atoms with Crippen LogP contribution in [0, 0.1) is 249 Å². The van der Waals surface area contributed by atoms with E-state index in [-0.39, 0.29) is 16.2 Å². The summed E-state index contributed by atoms with van der Waals surface area (Å²) < 4.78 is 35.6. The van der Waals surface area contributed by atoms with Crippen LogP contribution in [0.3, 0.4) is 0 Å². The van der Waals surface area contributed by atoms with E-state index in [2.05, 4.69) is 351 Å². The predicted octanol–water partition coefficient (Wildman–Crippen LogP) is 34.6. The number of rotatable bonds is 0. The van der Waals surface area contributed by atoms with Crippen LogP contribution < -0.4 is 4.74 Å². The number of fused-ring (bicyclic) bond motifs is 33. The molecule has 21 rings (SSSR count). The minimum atomic E-state index is -3.67. The van der Waals surface area contributed by atoms with Crippen molar-refractivity contribution in [1.82, 2.24) is 0 Å². The zero-order chi connectivity index (χ0) is 99.7. The number of hydrogen-bond donors (Lipinski definition) is 0. The molecule has 3 heterocycles. The largest absolute Gasteiger partial charge is 0.465 e. The van der Waals surface area contributed by atoms with Gasteiger partial charge in [-0.2, -0.15) is 0 Å². The Morgan fingerprint density at radius 2 is 0.453 bits per heavy atom. The molecule has 0 radical (unpaired) electrons. The summed E-state index contributed by atoms with van der Waals surface area (Å²) in [4.78, 5) is 2.06. The number of benzene rings is 12. The molecule has 12 aromatic carbocycles. The fraction of sp³-hybridized carbons (Fsp3) is 0.409. The van der Waals surface area contributed by atoms with Gasteiger partial charge in [0.15, 0.2) is 9.84 Å². The fourth-order valence-electron chi connectivity index (χ4n) is 28.9. The Labute approximate surface area is 828 Å². The normalized spacial score (nSPS) is 16.9. The minimum Gasteiger partial charge on any atom is -0.465 e. The van der Waals surface area contributed by atoms with E-state index in [1.807, 2.05) is 18.0 Å². The number of ether oxygens (including phenoxy) is 1. The Morgan fingerprint density at radius 1 is 0.234 bits per heavy atom. The summed E-state index contributed by atoms with van der Waals surface area (Å²) in [5.74, 6) is 1.09. The van der Waals surface area contributed by atoms with Gasteiger partial charge in [0.05, 0.1) is 27.4 Å². The van der Waals surface area contributed by atoms with Crippen LogP contribution in [0.25, 0.3) is 66.8 Å². The molecule has 3 nitrogen and oxygen atoms in total. The average Bonchev–Trinajstić information content (AvgIpc) is 1.46. The minimum absolute atomic E-state index is 0.0621. The smallest absolute Gasteiger partial charge is 0.200 e. The zero-order valence-electron chi connectivity index (χ0n) is 91.2. The van der Waals surface area contributed by atoms with Crippen LogP contribution in [0.4, 0.5) is 0 Å². The van der Waals surface area contributed by atoms with Crippen LogP contribution >= 0.6 is 11.8 Å². The second kappa shape index (κ2) is 31.5. The van der Waals surface area contributed by atoms with Gasteiger partial charge in [-0.3, -0.25) is 0 Å². The Kier molecular flexibility index (Phi) is 22.0. The van der Waals surface area contributed by atoms with E-state index in [4.69, 9.17) is 4.74 Å². The van der Waals surface area contributed by atoms with E-state index < -0.39 is 26.1 Å². The fourth-order valence-corrected chi connectivity index (χ4v) is 31.6. The second-order valence-electron chi connectivity index (χ2n) is 46.4. The third kappa shape index (κ3) is 12.2. The molecular weight excluding hydrogens is 1700 g/mol. The van der Waals surface area contributed by atoms with Gasteiger partial charge in [-0.05, 0) is 660 Å². The molecule has 137 heavy (non-hydrogen) atoms. The van der Waals surface area contributed by atoms with E-state index in [1.54, 1.807) is 16.5 Å². The lowest BCUT2D eigenvalue weighted by Crippen LogP contribution is -2.36. The molecule has 6 aliphatic carbocycles. The molecule has 0 bridgehead atoms. The molecule has 0 fully saturated rings. The molecule has 9 aliphatic rings. The first-order valence-corrected chi connectivity index (χ1v) is 53.5. The van der Waals surface area contributed by atoms with E-state index in [0.717, 1.165) is 49.0 Å². The lowest BCUT2D eigenvalue weighted by Gasteiger charge is -2.42. The lowest BCUT2D eigenvalue weighted by atomic mass is 9.62. The van der Waals surface area contributed by atoms with Gasteiger partial charge in [0.1, 0.15) is 5.75 Å². The zero-order valence-corrected chi connectivity index (χ0v) is 92.8. The van der Waals surface area contributed by atoms with Crippen molar-refractivity contribution in [3.8, 4) is 72.5 Å². The van der Waals surface area contributed by atoms with Crippen molar-refractivity contribution in [3.05, 3.63) is 355 Å². The topological polar surface area (TPSA) is 43.4 Å². The van der Waals surface area contributed by atoms with E-state index >= 15 is 0 Å². The predicted molar refractivity (Wildman–Crippen MR) is 587 cm³/mol. The standard InChI is InChI=1S/C44H50O2S.C44H50O.C44H50S/c1-21-22(2)28(8)37-36(27(21)7)38-29(9)23(3)25(5)31(11)40(38)44(41-32(12)26(6)24(4)30(10)39(37)41)19-20-47(45,46)42-33-17-18-43(13,14)34(33)15-16-35(42)44;2*1-21-22(2)28(8)37-36(27(21)7)38-29(9)23(3)25(5)31(11)40(38)44(41-32(12)26(6)24(4)30(10)39(37)41)19-20-45-42-33-17-18-43(13,14)34(33)15-16-35(42)44/h15-16,19-20H,17-18H2,1-14H3;2*15-16,19-20H,17-18H2,1-14H3. The van der Waals surface area contributed by atoms with Gasteiger partial charge >= 0.3 is 0 Å². The Morgan fingerprint density at radius 3 is 0.752 bits per heavy atom. The van der Waals surface area contributed by atoms with Crippen LogP contribution in [0.5, 0.6) is 5.75 Å². The molecule has 0 saturated carbocycles. The average molecular weight is 1850 g/mol. The van der Waals surface area contributed by atoms with Gasteiger partial charge < -0.3 is 4.74 Å². The highest BCUT2D eigenvalue weighted by Crippen LogP contribution is 2.69. The van der Waals surface area contributed by atoms with Crippen molar-refractivity contribution < 1.29 is 13.2 Å².